The van der Waals surface area contributed by atoms with Gasteiger partial charge in [0.15, 0.2) is 0 Å². The molecule has 0 aromatic heterocycles. The van der Waals surface area contributed by atoms with E-state index in [-0.39, 0.29) is 6.10 Å². The third-order valence-corrected chi connectivity index (χ3v) is 8.14. The van der Waals surface area contributed by atoms with E-state index < -0.39 is 0 Å². The molecule has 0 amide bonds. The number of hydrogen-bond donors (Lipinski definition) is 1. The third-order valence-electron chi connectivity index (χ3n) is 4.99. The van der Waals surface area contributed by atoms with Gasteiger partial charge >= 0.3 is 0 Å². The fourth-order valence-corrected chi connectivity index (χ4v) is 7.21. The van der Waals surface area contributed by atoms with Gasteiger partial charge in [-0.3, -0.25) is 0 Å². The summed E-state index contributed by atoms with van der Waals surface area (Å²) in [7, 11) is 0. The molecule has 0 bridgehead atoms. The molecule has 1 aliphatic carbocycles. The van der Waals surface area contributed by atoms with Crippen molar-refractivity contribution in [3.05, 3.63) is 71.8 Å². The minimum Gasteiger partial charge on any atom is -0.388 e. The Balaban J connectivity index is 1.60. The first-order chi connectivity index (χ1) is 11.4. The lowest BCUT2D eigenvalue weighted by molar-refractivity contribution is 0.146. The van der Waals surface area contributed by atoms with Gasteiger partial charge < -0.3 is 5.11 Å². The van der Waals surface area contributed by atoms with Crippen molar-refractivity contribution in [2.45, 2.75) is 23.0 Å². The highest BCUT2D eigenvalue weighted by atomic mass is 32.2. The van der Waals surface area contributed by atoms with Crippen molar-refractivity contribution in [3.63, 3.8) is 0 Å². The van der Waals surface area contributed by atoms with Crippen molar-refractivity contribution in [2.24, 2.45) is 11.8 Å². The fraction of sp³-hybridized carbons (Fsp3) is 0.400. The Bertz CT molecular complexity index is 625. The number of aliphatic hydroxyl groups excluding tert-OH is 1. The molecule has 120 valence electrons. The molecule has 2 aromatic carbocycles. The largest absolute Gasteiger partial charge is 0.388 e. The van der Waals surface area contributed by atoms with E-state index in [0.29, 0.717) is 22.3 Å². The zero-order valence-corrected chi connectivity index (χ0v) is 14.7. The maximum Gasteiger partial charge on any atom is 0.0827 e. The van der Waals surface area contributed by atoms with E-state index in [1.54, 1.807) is 0 Å². The first kappa shape index (κ1) is 15.6. The summed E-state index contributed by atoms with van der Waals surface area (Å²) in [5.41, 5.74) is 2.45. The normalized spacial score (nSPS) is 29.2. The van der Waals surface area contributed by atoms with Crippen molar-refractivity contribution in [2.75, 3.05) is 11.5 Å². The van der Waals surface area contributed by atoms with Gasteiger partial charge in [-0.1, -0.05) is 60.7 Å². The van der Waals surface area contributed by atoms with Crippen molar-refractivity contribution < 1.29 is 5.11 Å². The quantitative estimate of drug-likeness (QED) is 0.849. The van der Waals surface area contributed by atoms with E-state index in [9.17, 15) is 5.11 Å². The second-order valence-electron chi connectivity index (χ2n) is 6.41. The van der Waals surface area contributed by atoms with Crippen LogP contribution in [0.3, 0.4) is 0 Å². The van der Waals surface area contributed by atoms with E-state index in [1.807, 2.05) is 18.2 Å². The van der Waals surface area contributed by atoms with Crippen LogP contribution in [0.4, 0.5) is 0 Å². The molecule has 1 aliphatic heterocycles. The zero-order chi connectivity index (χ0) is 15.6. The second-order valence-corrected chi connectivity index (χ2v) is 9.21. The predicted octanol–water partition coefficient (Wildman–Crippen LogP) is 4.95. The van der Waals surface area contributed by atoms with E-state index in [2.05, 4.69) is 66.0 Å². The molecule has 4 rings (SSSR count). The summed E-state index contributed by atoms with van der Waals surface area (Å²) in [4.78, 5) is 0. The molecular formula is C20H22OS2. The van der Waals surface area contributed by atoms with Gasteiger partial charge in [0.1, 0.15) is 0 Å². The second kappa shape index (κ2) is 6.92. The van der Waals surface area contributed by atoms with Crippen LogP contribution < -0.4 is 0 Å². The van der Waals surface area contributed by atoms with Gasteiger partial charge in [-0.2, -0.15) is 0 Å². The lowest BCUT2D eigenvalue weighted by atomic mass is 10.0. The maximum absolute atomic E-state index is 11.0. The minimum absolute atomic E-state index is 0.350. The lowest BCUT2D eigenvalue weighted by Crippen LogP contribution is -2.12. The lowest BCUT2D eigenvalue weighted by Gasteiger charge is -2.22. The molecule has 0 spiro atoms. The average molecular weight is 343 g/mol. The van der Waals surface area contributed by atoms with Crippen molar-refractivity contribution in [1.29, 1.82) is 0 Å². The molecule has 2 fully saturated rings. The predicted molar refractivity (Wildman–Crippen MR) is 101 cm³/mol. The summed E-state index contributed by atoms with van der Waals surface area (Å²) in [5.74, 6) is 3.97. The Morgan fingerprint density at radius 2 is 1.48 bits per heavy atom. The van der Waals surface area contributed by atoms with Gasteiger partial charge in [-0.15, -0.1) is 23.5 Å². The van der Waals surface area contributed by atoms with E-state index in [4.69, 9.17) is 0 Å². The van der Waals surface area contributed by atoms with E-state index in [1.165, 1.54) is 23.5 Å². The maximum atomic E-state index is 11.0. The van der Waals surface area contributed by atoms with Crippen LogP contribution in [0.25, 0.3) is 0 Å². The minimum atomic E-state index is -0.352. The van der Waals surface area contributed by atoms with Crippen LogP contribution in [-0.4, -0.2) is 21.2 Å². The molecule has 1 saturated carbocycles. The van der Waals surface area contributed by atoms with Crippen LogP contribution in [-0.2, 0) is 0 Å². The Morgan fingerprint density at radius 3 is 2.13 bits per heavy atom. The molecule has 1 saturated heterocycles. The summed E-state index contributed by atoms with van der Waals surface area (Å²) in [6, 6.07) is 21.0. The summed E-state index contributed by atoms with van der Waals surface area (Å²) in [5, 5.41) is 11.0. The number of thioether (sulfide) groups is 2. The monoisotopic (exact) mass is 342 g/mol. The van der Waals surface area contributed by atoms with Crippen molar-refractivity contribution >= 4 is 23.5 Å². The molecule has 2 aromatic rings. The molecule has 1 heterocycles. The van der Waals surface area contributed by atoms with Gasteiger partial charge in [0, 0.05) is 5.92 Å². The Kier molecular flexibility index (Phi) is 4.70. The molecular weight excluding hydrogens is 320 g/mol. The molecule has 0 unspecified atom stereocenters. The molecule has 3 heteroatoms. The SMILES string of the molecule is O[C@H](c1ccccc1)[C@H]1[C@H](c2ccccc2)[C@H]1C1SCCCS1. The van der Waals surface area contributed by atoms with Crippen LogP contribution in [0.15, 0.2) is 60.7 Å². The fourth-order valence-electron chi connectivity index (χ4n) is 3.84. The van der Waals surface area contributed by atoms with Crippen molar-refractivity contribution in [1.82, 2.24) is 0 Å². The third kappa shape index (κ3) is 3.19. The van der Waals surface area contributed by atoms with Crippen LogP contribution in [0.1, 0.15) is 29.6 Å². The highest BCUT2D eigenvalue weighted by Gasteiger charge is 2.58. The molecule has 1 nitrogen and oxygen atoms in total. The molecule has 4 atom stereocenters. The van der Waals surface area contributed by atoms with Crippen LogP contribution in [0, 0.1) is 11.8 Å². The van der Waals surface area contributed by atoms with Crippen LogP contribution >= 0.6 is 23.5 Å². The molecule has 23 heavy (non-hydrogen) atoms. The topological polar surface area (TPSA) is 20.2 Å². The average Bonchev–Trinajstić information content (AvgIpc) is 3.39. The standard InChI is InChI=1S/C20H22OS2/c21-19(15-10-5-2-6-11-15)17-16(14-8-3-1-4-9-14)18(17)20-22-12-7-13-23-20/h1-6,8-11,16-21H,7,12-13H2/t16-,17-,18+,19+/m0/s1. The first-order valence-electron chi connectivity index (χ1n) is 8.37. The number of benzene rings is 2. The Morgan fingerprint density at radius 1 is 0.870 bits per heavy atom. The van der Waals surface area contributed by atoms with E-state index in [0.717, 1.165) is 5.56 Å². The summed E-state index contributed by atoms with van der Waals surface area (Å²) >= 11 is 4.20. The number of rotatable bonds is 4. The molecule has 1 N–H and O–H groups in total. The van der Waals surface area contributed by atoms with Crippen LogP contribution in [0.2, 0.25) is 0 Å². The molecule has 2 aliphatic rings. The Hall–Kier alpha value is -0.900. The highest BCUT2D eigenvalue weighted by Crippen LogP contribution is 2.65. The summed E-state index contributed by atoms with van der Waals surface area (Å²) < 4.78 is 0.636. The van der Waals surface area contributed by atoms with Gasteiger partial charge in [0.2, 0.25) is 0 Å². The van der Waals surface area contributed by atoms with Crippen LogP contribution in [0.5, 0.6) is 0 Å². The zero-order valence-electron chi connectivity index (χ0n) is 13.0. The van der Waals surface area contributed by atoms with Gasteiger partial charge in [0.05, 0.1) is 10.7 Å². The van der Waals surface area contributed by atoms with Gasteiger partial charge in [-0.05, 0) is 40.9 Å². The van der Waals surface area contributed by atoms with Crippen molar-refractivity contribution in [3.8, 4) is 0 Å². The Labute approximate surface area is 146 Å². The highest BCUT2D eigenvalue weighted by molar-refractivity contribution is 8.17. The molecule has 0 radical (unpaired) electrons. The number of hydrogen-bond acceptors (Lipinski definition) is 3. The van der Waals surface area contributed by atoms with E-state index >= 15 is 0 Å². The summed E-state index contributed by atoms with van der Waals surface area (Å²) in [6.07, 6.45) is 0.968. The number of aliphatic hydroxyl groups is 1. The van der Waals surface area contributed by atoms with Gasteiger partial charge in [0.25, 0.3) is 0 Å². The van der Waals surface area contributed by atoms with Gasteiger partial charge in [-0.25, -0.2) is 0 Å². The summed E-state index contributed by atoms with van der Waals surface area (Å²) in [6.45, 7) is 0. The smallest absolute Gasteiger partial charge is 0.0827 e. The first-order valence-corrected chi connectivity index (χ1v) is 10.5.